The molecule has 0 spiro atoms. The maximum absolute atomic E-state index is 13.8. The summed E-state index contributed by atoms with van der Waals surface area (Å²) in [5.74, 6) is -3.06. The lowest BCUT2D eigenvalue weighted by atomic mass is 9.97. The number of carbonyl (C=O) groups excluding carboxylic acids is 1. The Morgan fingerprint density at radius 2 is 1.90 bits per heavy atom. The van der Waals surface area contributed by atoms with E-state index in [1.165, 1.54) is 12.1 Å². The first kappa shape index (κ1) is 12.7. The van der Waals surface area contributed by atoms with Crippen molar-refractivity contribution >= 4 is 16.9 Å². The summed E-state index contributed by atoms with van der Waals surface area (Å²) in [6.45, 7) is -0.933. The number of amides is 1. The molecule has 0 radical (unpaired) electrons. The maximum atomic E-state index is 13.8. The van der Waals surface area contributed by atoms with E-state index in [4.69, 9.17) is 0 Å². The van der Waals surface area contributed by atoms with Crippen molar-refractivity contribution in [3.05, 3.63) is 42.0 Å². The number of ether oxygens (including phenoxy) is 1. The Kier molecular flexibility index (Phi) is 2.74. The number of phenolic OH excluding ortho intramolecular Hbond substituents is 1. The fraction of sp³-hybridized carbons (Fsp3) is 0.214. The summed E-state index contributed by atoms with van der Waals surface area (Å²) in [4.78, 5) is 11.1. The number of hydrogen-bond donors (Lipinski definition) is 2. The molecule has 1 saturated heterocycles. The van der Waals surface area contributed by atoms with Crippen LogP contribution in [0.5, 0.6) is 5.75 Å². The van der Waals surface area contributed by atoms with E-state index in [2.05, 4.69) is 10.1 Å². The second kappa shape index (κ2) is 4.33. The molecule has 1 fully saturated rings. The van der Waals surface area contributed by atoms with Crippen molar-refractivity contribution in [2.75, 3.05) is 6.61 Å². The number of phenols is 1. The van der Waals surface area contributed by atoms with Gasteiger partial charge in [0, 0.05) is 0 Å². The highest BCUT2D eigenvalue weighted by Crippen LogP contribution is 2.35. The molecule has 2 N–H and O–H groups in total. The average molecular weight is 279 g/mol. The fourth-order valence-electron chi connectivity index (χ4n) is 2.27. The Morgan fingerprint density at radius 3 is 2.70 bits per heavy atom. The van der Waals surface area contributed by atoms with E-state index < -0.39 is 24.7 Å². The predicted octanol–water partition coefficient (Wildman–Crippen LogP) is 2.96. The highest BCUT2D eigenvalue weighted by molar-refractivity contribution is 5.84. The first-order valence-corrected chi connectivity index (χ1v) is 5.99. The lowest BCUT2D eigenvalue weighted by molar-refractivity contribution is -0.104. The monoisotopic (exact) mass is 279 g/mol. The van der Waals surface area contributed by atoms with Crippen LogP contribution in [-0.2, 0) is 4.74 Å². The smallest absolute Gasteiger partial charge is 0.408 e. The van der Waals surface area contributed by atoms with Gasteiger partial charge in [0.1, 0.15) is 11.8 Å². The van der Waals surface area contributed by atoms with Crippen LogP contribution in [-0.4, -0.2) is 23.7 Å². The number of alkyl carbamates (subject to hydrolysis) is 1. The van der Waals surface area contributed by atoms with Crippen molar-refractivity contribution in [1.82, 2.24) is 5.32 Å². The quantitative estimate of drug-likeness (QED) is 0.843. The van der Waals surface area contributed by atoms with Crippen LogP contribution in [0.25, 0.3) is 10.8 Å². The predicted molar refractivity (Wildman–Crippen MR) is 67.8 cm³/mol. The number of fused-ring (bicyclic) bond motifs is 1. The number of alkyl halides is 2. The van der Waals surface area contributed by atoms with Gasteiger partial charge in [-0.05, 0) is 34.5 Å². The van der Waals surface area contributed by atoms with Crippen molar-refractivity contribution in [2.24, 2.45) is 0 Å². The number of rotatable bonds is 1. The molecule has 6 heteroatoms. The third kappa shape index (κ3) is 2.13. The van der Waals surface area contributed by atoms with Crippen LogP contribution in [0, 0.1) is 0 Å². The molecule has 104 valence electrons. The summed E-state index contributed by atoms with van der Waals surface area (Å²) in [5, 5.41) is 12.9. The van der Waals surface area contributed by atoms with Crippen LogP contribution in [0.15, 0.2) is 36.4 Å². The van der Waals surface area contributed by atoms with Crippen LogP contribution < -0.4 is 5.32 Å². The van der Waals surface area contributed by atoms with E-state index in [1.807, 2.05) is 0 Å². The molecular formula is C14H11F2NO3. The highest BCUT2D eigenvalue weighted by Gasteiger charge is 2.46. The molecule has 2 aromatic carbocycles. The minimum atomic E-state index is -3.17. The minimum absolute atomic E-state index is 0.106. The number of carbonyl (C=O) groups is 1. The van der Waals surface area contributed by atoms with Gasteiger partial charge in [-0.15, -0.1) is 0 Å². The zero-order chi connectivity index (χ0) is 14.3. The van der Waals surface area contributed by atoms with E-state index in [0.29, 0.717) is 10.9 Å². The van der Waals surface area contributed by atoms with Crippen molar-refractivity contribution in [3.63, 3.8) is 0 Å². The molecule has 0 bridgehead atoms. The molecule has 20 heavy (non-hydrogen) atoms. The number of benzene rings is 2. The van der Waals surface area contributed by atoms with Gasteiger partial charge in [0.05, 0.1) is 0 Å². The number of aromatic hydroxyl groups is 1. The van der Waals surface area contributed by atoms with Crippen LogP contribution >= 0.6 is 0 Å². The Balaban J connectivity index is 2.04. The van der Waals surface area contributed by atoms with Gasteiger partial charge in [-0.2, -0.15) is 0 Å². The van der Waals surface area contributed by atoms with Gasteiger partial charge in [-0.3, -0.25) is 0 Å². The van der Waals surface area contributed by atoms with E-state index in [-0.39, 0.29) is 5.75 Å². The minimum Gasteiger partial charge on any atom is -0.508 e. The number of nitrogens with one attached hydrogen (secondary N) is 1. The van der Waals surface area contributed by atoms with Crippen molar-refractivity contribution < 1.29 is 23.4 Å². The lowest BCUT2D eigenvalue weighted by Gasteiger charge is -2.31. The summed E-state index contributed by atoms with van der Waals surface area (Å²) >= 11 is 0. The van der Waals surface area contributed by atoms with Gasteiger partial charge in [-0.25, -0.2) is 13.6 Å². The van der Waals surface area contributed by atoms with E-state index >= 15 is 0 Å². The number of hydrogen-bond acceptors (Lipinski definition) is 3. The van der Waals surface area contributed by atoms with Crippen LogP contribution in [0.2, 0.25) is 0 Å². The first-order chi connectivity index (χ1) is 9.45. The topological polar surface area (TPSA) is 58.6 Å². The number of halogens is 2. The molecule has 0 aromatic heterocycles. The van der Waals surface area contributed by atoms with Crippen molar-refractivity contribution in [1.29, 1.82) is 0 Å². The SMILES string of the molecule is O=C1N[C@H](c2ccc3cc(O)ccc3c2)C(F)(F)CO1. The maximum Gasteiger partial charge on any atom is 0.408 e. The molecule has 1 aliphatic heterocycles. The summed E-state index contributed by atoms with van der Waals surface area (Å²) in [5.41, 5.74) is 0.296. The Bertz CT molecular complexity index is 687. The zero-order valence-electron chi connectivity index (χ0n) is 10.3. The summed E-state index contributed by atoms with van der Waals surface area (Å²) in [6, 6.07) is 7.94. The summed E-state index contributed by atoms with van der Waals surface area (Å²) in [6.07, 6.45) is -0.855. The lowest BCUT2D eigenvalue weighted by Crippen LogP contribution is -2.49. The molecule has 0 saturated carbocycles. The molecule has 0 unspecified atom stereocenters. The van der Waals surface area contributed by atoms with Crippen molar-refractivity contribution in [2.45, 2.75) is 12.0 Å². The fourth-order valence-corrected chi connectivity index (χ4v) is 2.27. The van der Waals surface area contributed by atoms with E-state index in [1.54, 1.807) is 24.3 Å². The molecule has 1 amide bonds. The van der Waals surface area contributed by atoms with Gasteiger partial charge in [0.2, 0.25) is 0 Å². The molecule has 1 atom stereocenters. The van der Waals surface area contributed by atoms with E-state index in [0.717, 1.165) is 5.39 Å². The van der Waals surface area contributed by atoms with Crippen LogP contribution in [0.1, 0.15) is 11.6 Å². The van der Waals surface area contributed by atoms with E-state index in [9.17, 15) is 18.7 Å². The molecule has 3 rings (SSSR count). The molecule has 4 nitrogen and oxygen atoms in total. The first-order valence-electron chi connectivity index (χ1n) is 5.99. The molecular weight excluding hydrogens is 268 g/mol. The third-order valence-corrected chi connectivity index (χ3v) is 3.26. The van der Waals surface area contributed by atoms with Crippen LogP contribution in [0.3, 0.4) is 0 Å². The standard InChI is InChI=1S/C14H11F2NO3/c15-14(16)7-20-13(19)17-12(14)10-2-1-9-6-11(18)4-3-8(9)5-10/h1-6,12,18H,7H2,(H,17,19)/t12-/m1/s1. The summed E-state index contributed by atoms with van der Waals surface area (Å²) in [7, 11) is 0. The second-order valence-corrected chi connectivity index (χ2v) is 4.71. The van der Waals surface area contributed by atoms with Crippen LogP contribution in [0.4, 0.5) is 13.6 Å². The molecule has 1 heterocycles. The zero-order valence-corrected chi connectivity index (χ0v) is 10.3. The van der Waals surface area contributed by atoms with Crippen molar-refractivity contribution in [3.8, 4) is 5.75 Å². The second-order valence-electron chi connectivity index (χ2n) is 4.71. The molecule has 2 aromatic rings. The Labute approximate surface area is 113 Å². The number of cyclic esters (lactones) is 1. The van der Waals surface area contributed by atoms with Gasteiger partial charge in [-0.1, -0.05) is 18.2 Å². The van der Waals surface area contributed by atoms with Gasteiger partial charge in [0.15, 0.2) is 6.61 Å². The van der Waals surface area contributed by atoms with Gasteiger partial charge >= 0.3 is 12.0 Å². The van der Waals surface area contributed by atoms with Gasteiger partial charge < -0.3 is 15.2 Å². The third-order valence-electron chi connectivity index (χ3n) is 3.26. The molecule has 0 aliphatic carbocycles. The van der Waals surface area contributed by atoms with Gasteiger partial charge in [0.25, 0.3) is 0 Å². The highest BCUT2D eigenvalue weighted by atomic mass is 19.3. The summed E-state index contributed by atoms with van der Waals surface area (Å²) < 4.78 is 31.9. The normalized spacial score (nSPS) is 21.3. The molecule has 1 aliphatic rings. The average Bonchev–Trinajstić information content (AvgIpc) is 2.41. The Morgan fingerprint density at radius 1 is 1.20 bits per heavy atom. The Hall–Kier alpha value is -2.37. The largest absolute Gasteiger partial charge is 0.508 e.